The van der Waals surface area contributed by atoms with Gasteiger partial charge < -0.3 is 9.47 Å². The molecule has 1 rings (SSSR count). The number of carbonyl (C=O) groups excluding carboxylic acids is 2. The highest BCUT2D eigenvalue weighted by atomic mass is 16.6. The summed E-state index contributed by atoms with van der Waals surface area (Å²) in [5.41, 5.74) is 6.18. The molecule has 0 aliphatic rings. The minimum absolute atomic E-state index is 0.135. The van der Waals surface area contributed by atoms with Crippen LogP contribution in [-0.4, -0.2) is 24.8 Å². The Bertz CT molecular complexity index is 491. The van der Waals surface area contributed by atoms with Crippen molar-refractivity contribution in [3.63, 3.8) is 0 Å². The smallest absolute Gasteiger partial charge is 0.422 e. The van der Waals surface area contributed by atoms with E-state index in [1.54, 1.807) is 45.0 Å². The van der Waals surface area contributed by atoms with Gasteiger partial charge in [0.25, 0.3) is 0 Å². The summed E-state index contributed by atoms with van der Waals surface area (Å²) in [5.74, 6) is -0.381. The van der Waals surface area contributed by atoms with Crippen molar-refractivity contribution in [1.29, 1.82) is 0 Å². The number of carbonyl (C=O) groups is 2. The van der Waals surface area contributed by atoms with Crippen molar-refractivity contribution in [1.82, 2.24) is 10.9 Å². The first-order valence-electron chi connectivity index (χ1n) is 6.65. The van der Waals surface area contributed by atoms with Crippen LogP contribution in [0.4, 0.5) is 4.79 Å². The number of amides is 1. The molecule has 1 aromatic rings. The number of nitrogens with one attached hydrogen (secondary N) is 2. The molecule has 0 spiro atoms. The number of hydrogen-bond donors (Lipinski definition) is 2. The largest absolute Gasteiger partial charge is 0.465 e. The van der Waals surface area contributed by atoms with E-state index in [1.165, 1.54) is 7.11 Å². The zero-order chi connectivity index (χ0) is 16.0. The first-order valence-corrected chi connectivity index (χ1v) is 6.65. The van der Waals surface area contributed by atoms with Crippen LogP contribution in [0.5, 0.6) is 0 Å². The molecule has 6 heteroatoms. The maximum atomic E-state index is 11.5. The average Bonchev–Trinajstić information content (AvgIpc) is 2.42. The fourth-order valence-electron chi connectivity index (χ4n) is 1.58. The SMILES string of the molecule is COC(=O)c1ccc(C(C)NNC(=O)OC(C)(C)C)cc1. The fraction of sp³-hybridized carbons (Fsp3) is 0.467. The molecule has 6 nitrogen and oxygen atoms in total. The molecule has 1 amide bonds. The summed E-state index contributed by atoms with van der Waals surface area (Å²) < 4.78 is 9.75. The van der Waals surface area contributed by atoms with Gasteiger partial charge in [0.1, 0.15) is 5.60 Å². The molecule has 1 aromatic carbocycles. The maximum absolute atomic E-state index is 11.5. The Hall–Kier alpha value is -2.08. The number of hydrogen-bond acceptors (Lipinski definition) is 5. The molecule has 21 heavy (non-hydrogen) atoms. The molecule has 0 heterocycles. The van der Waals surface area contributed by atoms with Gasteiger partial charge in [0.2, 0.25) is 0 Å². The molecule has 0 saturated carbocycles. The zero-order valence-electron chi connectivity index (χ0n) is 13.0. The normalized spacial score (nSPS) is 12.4. The van der Waals surface area contributed by atoms with Crippen LogP contribution in [0.3, 0.4) is 0 Å². The quantitative estimate of drug-likeness (QED) is 0.659. The summed E-state index contributed by atoms with van der Waals surface area (Å²) in [6.07, 6.45) is -0.541. The molecule has 0 aliphatic carbocycles. The average molecular weight is 294 g/mol. The van der Waals surface area contributed by atoms with Crippen molar-refractivity contribution in [3.05, 3.63) is 35.4 Å². The lowest BCUT2D eigenvalue weighted by Crippen LogP contribution is -2.42. The van der Waals surface area contributed by atoms with Gasteiger partial charge in [-0.2, -0.15) is 0 Å². The van der Waals surface area contributed by atoms with Gasteiger partial charge >= 0.3 is 12.1 Å². The van der Waals surface area contributed by atoms with Gasteiger partial charge in [-0.1, -0.05) is 12.1 Å². The lowest BCUT2D eigenvalue weighted by Gasteiger charge is -2.21. The summed E-state index contributed by atoms with van der Waals surface area (Å²) >= 11 is 0. The second-order valence-electron chi connectivity index (χ2n) is 5.61. The Kier molecular flexibility index (Phi) is 5.72. The summed E-state index contributed by atoms with van der Waals surface area (Å²) in [6.45, 7) is 7.26. The molecule has 0 aliphatic heterocycles. The number of methoxy groups -OCH3 is 1. The topological polar surface area (TPSA) is 76.7 Å². The van der Waals surface area contributed by atoms with E-state index < -0.39 is 11.7 Å². The molecule has 0 fully saturated rings. The summed E-state index contributed by atoms with van der Waals surface area (Å²) in [7, 11) is 1.34. The zero-order valence-corrected chi connectivity index (χ0v) is 13.0. The van der Waals surface area contributed by atoms with Crippen LogP contribution in [0.1, 0.15) is 49.7 Å². The van der Waals surface area contributed by atoms with E-state index in [0.717, 1.165) is 5.56 Å². The Labute approximate surface area is 124 Å². The minimum atomic E-state index is -0.544. The highest BCUT2D eigenvalue weighted by molar-refractivity contribution is 5.89. The van der Waals surface area contributed by atoms with Crippen LogP contribution in [0.25, 0.3) is 0 Å². The van der Waals surface area contributed by atoms with Crippen molar-refractivity contribution in [2.45, 2.75) is 39.3 Å². The van der Waals surface area contributed by atoms with Gasteiger partial charge in [0.05, 0.1) is 12.7 Å². The molecule has 1 atom stereocenters. The van der Waals surface area contributed by atoms with Crippen LogP contribution >= 0.6 is 0 Å². The summed E-state index contributed by atoms with van der Waals surface area (Å²) in [5, 5.41) is 0. The van der Waals surface area contributed by atoms with Crippen LogP contribution in [-0.2, 0) is 9.47 Å². The Morgan fingerprint density at radius 1 is 1.14 bits per heavy atom. The van der Waals surface area contributed by atoms with Crippen molar-refractivity contribution < 1.29 is 19.1 Å². The Morgan fingerprint density at radius 2 is 1.71 bits per heavy atom. The standard InChI is InChI=1S/C15H22N2O4/c1-10(16-17-14(19)21-15(2,3)4)11-6-8-12(9-7-11)13(18)20-5/h6-10,16H,1-5H3,(H,17,19). The van der Waals surface area contributed by atoms with E-state index in [1.807, 2.05) is 6.92 Å². The second-order valence-corrected chi connectivity index (χ2v) is 5.61. The predicted molar refractivity (Wildman–Crippen MR) is 78.7 cm³/mol. The molecule has 2 N–H and O–H groups in total. The lowest BCUT2D eigenvalue weighted by atomic mass is 10.1. The third-order valence-corrected chi connectivity index (χ3v) is 2.62. The molecular weight excluding hydrogens is 272 g/mol. The van der Waals surface area contributed by atoms with Gasteiger partial charge in [-0.15, -0.1) is 0 Å². The third-order valence-electron chi connectivity index (χ3n) is 2.62. The van der Waals surface area contributed by atoms with Gasteiger partial charge in [-0.05, 0) is 45.4 Å². The first-order chi connectivity index (χ1) is 9.73. The molecule has 116 valence electrons. The maximum Gasteiger partial charge on any atom is 0.422 e. The van der Waals surface area contributed by atoms with Crippen molar-refractivity contribution in [3.8, 4) is 0 Å². The molecule has 0 saturated heterocycles. The second kappa shape index (κ2) is 7.08. The van der Waals surface area contributed by atoms with Gasteiger partial charge in [-0.3, -0.25) is 5.43 Å². The number of esters is 1. The summed E-state index contributed by atoms with van der Waals surface area (Å²) in [4.78, 5) is 22.9. The molecule has 0 aromatic heterocycles. The molecule has 0 bridgehead atoms. The lowest BCUT2D eigenvalue weighted by molar-refractivity contribution is 0.0489. The van der Waals surface area contributed by atoms with Gasteiger partial charge in [-0.25, -0.2) is 15.0 Å². The van der Waals surface area contributed by atoms with Crippen molar-refractivity contribution in [2.75, 3.05) is 7.11 Å². The summed E-state index contributed by atoms with van der Waals surface area (Å²) in [6, 6.07) is 6.80. The van der Waals surface area contributed by atoms with E-state index >= 15 is 0 Å². The van der Waals surface area contributed by atoms with E-state index in [0.29, 0.717) is 5.56 Å². The van der Waals surface area contributed by atoms with Gasteiger partial charge in [0, 0.05) is 6.04 Å². The predicted octanol–water partition coefficient (Wildman–Crippen LogP) is 2.56. The van der Waals surface area contributed by atoms with E-state index in [-0.39, 0.29) is 12.0 Å². The number of rotatable bonds is 4. The highest BCUT2D eigenvalue weighted by Gasteiger charge is 2.16. The number of benzene rings is 1. The third kappa shape index (κ3) is 5.83. The fourth-order valence-corrected chi connectivity index (χ4v) is 1.58. The van der Waals surface area contributed by atoms with Gasteiger partial charge in [0.15, 0.2) is 0 Å². The van der Waals surface area contributed by atoms with Crippen molar-refractivity contribution in [2.24, 2.45) is 0 Å². The highest BCUT2D eigenvalue weighted by Crippen LogP contribution is 2.13. The van der Waals surface area contributed by atoms with E-state index in [4.69, 9.17) is 4.74 Å². The van der Waals surface area contributed by atoms with Crippen LogP contribution in [0, 0.1) is 0 Å². The number of hydrazine groups is 1. The minimum Gasteiger partial charge on any atom is -0.465 e. The Morgan fingerprint density at radius 3 is 2.19 bits per heavy atom. The number of ether oxygens (including phenoxy) is 2. The van der Waals surface area contributed by atoms with Crippen LogP contribution < -0.4 is 10.9 Å². The molecular formula is C15H22N2O4. The van der Waals surface area contributed by atoms with E-state index in [9.17, 15) is 9.59 Å². The van der Waals surface area contributed by atoms with Crippen LogP contribution in [0.15, 0.2) is 24.3 Å². The monoisotopic (exact) mass is 294 g/mol. The molecule has 1 unspecified atom stereocenters. The first kappa shape index (κ1) is 17.0. The van der Waals surface area contributed by atoms with E-state index in [2.05, 4.69) is 15.6 Å². The molecule has 0 radical (unpaired) electrons. The van der Waals surface area contributed by atoms with Crippen LogP contribution in [0.2, 0.25) is 0 Å². The van der Waals surface area contributed by atoms with Crippen molar-refractivity contribution >= 4 is 12.1 Å². The Balaban J connectivity index is 2.54.